The third kappa shape index (κ3) is 12.6. The molecule has 0 atom stereocenters. The molecule has 0 fully saturated rings. The fourth-order valence-corrected chi connectivity index (χ4v) is 6.40. The number of carbonyl (C=O) groups is 2. The van der Waals surface area contributed by atoms with Crippen molar-refractivity contribution in [2.45, 2.75) is 157 Å². The second-order valence-corrected chi connectivity index (χ2v) is 14.4. The van der Waals surface area contributed by atoms with Crippen molar-refractivity contribution in [3.8, 4) is 23.0 Å². The van der Waals surface area contributed by atoms with Crippen LogP contribution in [0.2, 0.25) is 0 Å². The van der Waals surface area contributed by atoms with Crippen LogP contribution in [-0.4, -0.2) is 24.2 Å². The van der Waals surface area contributed by atoms with Gasteiger partial charge in [-0.2, -0.15) is 0 Å². The van der Waals surface area contributed by atoms with E-state index in [1.165, 1.54) is 57.8 Å². The van der Waals surface area contributed by atoms with Gasteiger partial charge in [-0.3, -0.25) is 14.4 Å². The SMILES string of the molecule is CCCCCCCCCC(=O)Oc1cc2oc3cc(OC(=O)CCCCCCCCC)c(OC)c(CC=C(C)C)c3c(=O)c2c(O)c1CC=C(C)C. The number of ether oxygens (including phenoxy) is 3. The van der Waals surface area contributed by atoms with Gasteiger partial charge in [0.05, 0.1) is 12.5 Å². The smallest absolute Gasteiger partial charge is 0.311 e. The summed E-state index contributed by atoms with van der Waals surface area (Å²) in [5, 5.41) is 11.9. The van der Waals surface area contributed by atoms with Crippen molar-refractivity contribution in [1.29, 1.82) is 0 Å². The van der Waals surface area contributed by atoms with E-state index in [1.54, 1.807) is 0 Å². The van der Waals surface area contributed by atoms with Gasteiger partial charge >= 0.3 is 11.9 Å². The van der Waals surface area contributed by atoms with E-state index < -0.39 is 11.4 Å². The molecule has 286 valence electrons. The molecule has 0 aliphatic heterocycles. The standard InChI is InChI=1S/C44H62O8/c1-8-10-12-14-16-18-20-22-38(45)51-34-28-36-41(42(47)32(34)26-24-30(3)4)43(48)40-33(27-25-31(5)6)44(49-7)37(29-35(40)50-36)52-39(46)23-21-19-17-15-13-11-9-2/h24-25,28-29,47H,8-23,26-27H2,1-7H3. The van der Waals surface area contributed by atoms with Crippen LogP contribution in [0.15, 0.2) is 44.6 Å². The van der Waals surface area contributed by atoms with Crippen LogP contribution >= 0.6 is 0 Å². The van der Waals surface area contributed by atoms with Crippen LogP contribution in [0.5, 0.6) is 23.0 Å². The first-order valence-corrected chi connectivity index (χ1v) is 19.6. The first-order valence-electron chi connectivity index (χ1n) is 19.6. The lowest BCUT2D eigenvalue weighted by Gasteiger charge is -2.17. The Kier molecular flexibility index (Phi) is 18.0. The molecule has 0 spiro atoms. The van der Waals surface area contributed by atoms with Gasteiger partial charge in [-0.25, -0.2) is 0 Å². The van der Waals surface area contributed by atoms with Gasteiger partial charge < -0.3 is 23.7 Å². The molecular weight excluding hydrogens is 656 g/mol. The third-order valence-corrected chi connectivity index (χ3v) is 9.36. The summed E-state index contributed by atoms with van der Waals surface area (Å²) in [5.74, 6) is -0.505. The predicted octanol–water partition coefficient (Wildman–Crippen LogP) is 11.8. The van der Waals surface area contributed by atoms with Crippen molar-refractivity contribution >= 4 is 33.9 Å². The highest BCUT2D eigenvalue weighted by molar-refractivity contribution is 5.98. The number of hydrogen-bond donors (Lipinski definition) is 1. The minimum atomic E-state index is -0.454. The molecule has 0 aliphatic rings. The van der Waals surface area contributed by atoms with Crippen LogP contribution in [0.4, 0.5) is 0 Å². The van der Waals surface area contributed by atoms with Gasteiger partial charge in [0.15, 0.2) is 11.5 Å². The number of methoxy groups -OCH3 is 1. The number of fused-ring (bicyclic) bond motifs is 2. The normalized spacial score (nSPS) is 11.1. The van der Waals surface area contributed by atoms with Crippen molar-refractivity contribution in [3.05, 3.63) is 56.8 Å². The van der Waals surface area contributed by atoms with E-state index in [-0.39, 0.29) is 70.2 Å². The predicted molar refractivity (Wildman–Crippen MR) is 211 cm³/mol. The number of phenolic OH excluding ortho intramolecular Hbond substituents is 1. The van der Waals surface area contributed by atoms with E-state index in [4.69, 9.17) is 18.6 Å². The topological polar surface area (TPSA) is 112 Å². The summed E-state index contributed by atoms with van der Waals surface area (Å²) in [5.41, 5.74) is 2.64. The van der Waals surface area contributed by atoms with Crippen molar-refractivity contribution in [2.24, 2.45) is 0 Å². The highest BCUT2D eigenvalue weighted by Gasteiger charge is 2.26. The Labute approximate surface area is 310 Å². The van der Waals surface area contributed by atoms with Gasteiger partial charge in [-0.05, 0) is 53.4 Å². The van der Waals surface area contributed by atoms with E-state index >= 15 is 0 Å². The molecule has 0 saturated carbocycles. The molecule has 0 bridgehead atoms. The number of benzene rings is 2. The van der Waals surface area contributed by atoms with Crippen molar-refractivity contribution < 1.29 is 33.3 Å². The van der Waals surface area contributed by atoms with Crippen LogP contribution in [0.3, 0.4) is 0 Å². The Morgan fingerprint density at radius 1 is 0.654 bits per heavy atom. The first-order chi connectivity index (χ1) is 25.0. The molecule has 0 unspecified atom stereocenters. The summed E-state index contributed by atoms with van der Waals surface area (Å²) < 4.78 is 23.8. The molecule has 2 aromatic carbocycles. The molecular formula is C44H62O8. The molecule has 3 aromatic rings. The van der Waals surface area contributed by atoms with Crippen LogP contribution in [0.1, 0.15) is 155 Å². The lowest BCUT2D eigenvalue weighted by Crippen LogP contribution is -2.13. The van der Waals surface area contributed by atoms with E-state index in [0.29, 0.717) is 24.0 Å². The summed E-state index contributed by atoms with van der Waals surface area (Å²) in [6.45, 7) is 12.2. The van der Waals surface area contributed by atoms with Gasteiger partial charge in [-0.15, -0.1) is 0 Å². The summed E-state index contributed by atoms with van der Waals surface area (Å²) in [7, 11) is 1.48. The van der Waals surface area contributed by atoms with E-state index in [9.17, 15) is 19.5 Å². The zero-order valence-corrected chi connectivity index (χ0v) is 32.8. The largest absolute Gasteiger partial charge is 0.507 e. The van der Waals surface area contributed by atoms with Gasteiger partial charge in [0, 0.05) is 36.1 Å². The van der Waals surface area contributed by atoms with Gasteiger partial charge in [-0.1, -0.05) is 114 Å². The number of hydrogen-bond acceptors (Lipinski definition) is 8. The Hall–Kier alpha value is -4.07. The Bertz CT molecular complexity index is 1750. The van der Waals surface area contributed by atoms with E-state index in [0.717, 1.165) is 56.1 Å². The molecule has 52 heavy (non-hydrogen) atoms. The van der Waals surface area contributed by atoms with Crippen molar-refractivity contribution in [1.82, 2.24) is 0 Å². The number of esters is 2. The molecule has 3 rings (SSSR count). The zero-order valence-electron chi connectivity index (χ0n) is 32.8. The van der Waals surface area contributed by atoms with Gasteiger partial charge in [0.2, 0.25) is 5.43 Å². The van der Waals surface area contributed by atoms with Crippen LogP contribution in [0, 0.1) is 0 Å². The summed E-state index contributed by atoms with van der Waals surface area (Å²) >= 11 is 0. The maximum Gasteiger partial charge on any atom is 0.311 e. The monoisotopic (exact) mass is 718 g/mol. The van der Waals surface area contributed by atoms with Gasteiger partial charge in [0.25, 0.3) is 0 Å². The van der Waals surface area contributed by atoms with Gasteiger partial charge in [0.1, 0.15) is 28.1 Å². The second-order valence-electron chi connectivity index (χ2n) is 14.4. The maximum atomic E-state index is 14.4. The first kappa shape index (κ1) is 42.3. The summed E-state index contributed by atoms with van der Waals surface area (Å²) in [4.78, 5) is 40.5. The fourth-order valence-electron chi connectivity index (χ4n) is 6.40. The van der Waals surface area contributed by atoms with E-state index in [2.05, 4.69) is 13.8 Å². The Morgan fingerprint density at radius 2 is 1.10 bits per heavy atom. The lowest BCUT2D eigenvalue weighted by molar-refractivity contribution is -0.135. The number of aromatic hydroxyl groups is 1. The number of phenols is 1. The lowest BCUT2D eigenvalue weighted by atomic mass is 9.98. The third-order valence-electron chi connectivity index (χ3n) is 9.36. The fraction of sp³-hybridized carbons (Fsp3) is 0.568. The van der Waals surface area contributed by atoms with Crippen LogP contribution in [0.25, 0.3) is 21.9 Å². The molecule has 8 heteroatoms. The summed E-state index contributed by atoms with van der Waals surface area (Å²) in [6, 6.07) is 3.02. The molecule has 1 aromatic heterocycles. The minimum Gasteiger partial charge on any atom is -0.507 e. The maximum absolute atomic E-state index is 14.4. The zero-order chi connectivity index (χ0) is 38.0. The highest BCUT2D eigenvalue weighted by Crippen LogP contribution is 2.42. The van der Waals surface area contributed by atoms with Crippen molar-refractivity contribution in [2.75, 3.05) is 7.11 Å². The molecule has 0 aliphatic carbocycles. The number of carbonyl (C=O) groups excluding carboxylic acids is 2. The molecule has 0 amide bonds. The highest BCUT2D eigenvalue weighted by atomic mass is 16.6. The quantitative estimate of drug-likeness (QED) is 0.0339. The molecule has 8 nitrogen and oxygen atoms in total. The second kappa shape index (κ2) is 22.1. The summed E-state index contributed by atoms with van der Waals surface area (Å²) in [6.07, 6.45) is 20.0. The number of rotatable bonds is 23. The number of unbranched alkanes of at least 4 members (excludes halogenated alkanes) is 12. The molecule has 1 heterocycles. The average molecular weight is 719 g/mol. The molecule has 0 radical (unpaired) electrons. The Morgan fingerprint density at radius 3 is 1.60 bits per heavy atom. The van der Waals surface area contributed by atoms with E-state index in [1.807, 2.05) is 39.8 Å². The van der Waals surface area contributed by atoms with Crippen molar-refractivity contribution in [3.63, 3.8) is 0 Å². The molecule has 1 N–H and O–H groups in total. The average Bonchev–Trinajstić information content (AvgIpc) is 3.09. The molecule has 0 saturated heterocycles. The number of allylic oxidation sites excluding steroid dienone is 4. The van der Waals surface area contributed by atoms with Crippen LogP contribution in [-0.2, 0) is 22.4 Å². The minimum absolute atomic E-state index is 0.0132. The Balaban J connectivity index is 2.05. The van der Waals surface area contributed by atoms with Crippen LogP contribution < -0.4 is 19.6 Å².